The third-order valence-electron chi connectivity index (χ3n) is 6.49. The lowest BCUT2D eigenvalue weighted by Crippen LogP contribution is -2.48. The van der Waals surface area contributed by atoms with Crippen molar-refractivity contribution in [3.63, 3.8) is 0 Å². The van der Waals surface area contributed by atoms with E-state index in [2.05, 4.69) is 25.9 Å². The maximum absolute atomic E-state index is 14.2. The first-order valence-corrected chi connectivity index (χ1v) is 12.4. The molecule has 2 unspecified atom stereocenters. The average molecular weight is 533 g/mol. The Balaban J connectivity index is 1.31. The predicted octanol–water partition coefficient (Wildman–Crippen LogP) is 5.37. The molecule has 2 aliphatic heterocycles. The van der Waals surface area contributed by atoms with Crippen LogP contribution >= 0.6 is 23.2 Å². The molecule has 2 aliphatic rings. The van der Waals surface area contributed by atoms with Gasteiger partial charge in [0.15, 0.2) is 0 Å². The van der Waals surface area contributed by atoms with E-state index in [1.165, 1.54) is 30.3 Å². The Morgan fingerprint density at radius 2 is 2.03 bits per heavy atom. The van der Waals surface area contributed by atoms with Gasteiger partial charge in [-0.2, -0.15) is 0 Å². The van der Waals surface area contributed by atoms with E-state index >= 15 is 0 Å². The second kappa shape index (κ2) is 10.5. The van der Waals surface area contributed by atoms with Crippen LogP contribution in [-0.4, -0.2) is 40.0 Å². The Morgan fingerprint density at radius 3 is 2.78 bits per heavy atom. The van der Waals surface area contributed by atoms with Crippen LogP contribution in [-0.2, 0) is 13.0 Å². The van der Waals surface area contributed by atoms with E-state index in [0.717, 1.165) is 24.9 Å². The van der Waals surface area contributed by atoms with Crippen molar-refractivity contribution >= 4 is 40.9 Å². The summed E-state index contributed by atoms with van der Waals surface area (Å²) in [6, 6.07) is 7.97. The molecule has 2 amide bonds. The monoisotopic (exact) mass is 532 g/mol. The number of carbonyl (C=O) groups is 1. The topological polar surface area (TPSA) is 82.2 Å². The van der Waals surface area contributed by atoms with Crippen molar-refractivity contribution in [2.24, 2.45) is 0 Å². The number of aromatic nitrogens is 2. The molecule has 2 aromatic carbocycles. The van der Waals surface area contributed by atoms with Crippen molar-refractivity contribution in [2.75, 3.05) is 18.4 Å². The van der Waals surface area contributed by atoms with Gasteiger partial charge in [-0.15, -0.1) is 0 Å². The van der Waals surface area contributed by atoms with E-state index in [9.17, 15) is 13.6 Å². The van der Waals surface area contributed by atoms with Crippen LogP contribution in [0.5, 0.6) is 0 Å². The third-order valence-corrected chi connectivity index (χ3v) is 7.11. The summed E-state index contributed by atoms with van der Waals surface area (Å²) in [6.07, 6.45) is 4.17. The molecule has 1 fully saturated rings. The largest absolute Gasteiger partial charge is 0.330 e. The van der Waals surface area contributed by atoms with Gasteiger partial charge in [-0.25, -0.2) is 23.5 Å². The highest BCUT2D eigenvalue weighted by Gasteiger charge is 2.31. The number of hydrogen-bond acceptors (Lipinski definition) is 5. The number of nitrogens with one attached hydrogen (secondary N) is 3. The number of urea groups is 1. The zero-order chi connectivity index (χ0) is 25.2. The van der Waals surface area contributed by atoms with Crippen LogP contribution in [0.2, 0.25) is 10.0 Å². The van der Waals surface area contributed by atoms with Crippen LogP contribution in [0.15, 0.2) is 42.6 Å². The van der Waals surface area contributed by atoms with Crippen LogP contribution in [0, 0.1) is 11.6 Å². The Bertz CT molecular complexity index is 1290. The quantitative estimate of drug-likeness (QED) is 0.411. The van der Waals surface area contributed by atoms with Crippen LogP contribution in [0.1, 0.15) is 35.7 Å². The minimum Gasteiger partial charge on any atom is -0.330 e. The molecule has 0 saturated carbocycles. The van der Waals surface area contributed by atoms with Gasteiger partial charge in [0.2, 0.25) is 5.95 Å². The van der Waals surface area contributed by atoms with Crippen LogP contribution in [0.25, 0.3) is 0 Å². The molecule has 7 nitrogen and oxygen atoms in total. The number of carbonyl (C=O) groups excluding carboxylic acids is 1. The van der Waals surface area contributed by atoms with Gasteiger partial charge in [-0.05, 0) is 67.3 Å². The van der Waals surface area contributed by atoms with Crippen molar-refractivity contribution in [3.05, 3.63) is 81.1 Å². The fraction of sp³-hybridized carbons (Fsp3) is 0.320. The summed E-state index contributed by atoms with van der Waals surface area (Å²) in [5, 5.41) is 9.75. The maximum atomic E-state index is 14.2. The van der Waals surface area contributed by atoms with Crippen molar-refractivity contribution in [2.45, 2.75) is 37.9 Å². The van der Waals surface area contributed by atoms with Gasteiger partial charge in [-0.3, -0.25) is 0 Å². The summed E-state index contributed by atoms with van der Waals surface area (Å²) in [6.45, 7) is 1.63. The van der Waals surface area contributed by atoms with Crippen molar-refractivity contribution in [1.82, 2.24) is 25.5 Å². The number of benzene rings is 2. The highest BCUT2D eigenvalue weighted by molar-refractivity contribution is 6.33. The van der Waals surface area contributed by atoms with Gasteiger partial charge in [0.1, 0.15) is 11.6 Å². The number of halogens is 4. The lowest BCUT2D eigenvalue weighted by atomic mass is 9.98. The second-order valence-electron chi connectivity index (χ2n) is 8.89. The van der Waals surface area contributed by atoms with Crippen molar-refractivity contribution in [1.29, 1.82) is 0 Å². The molecular formula is C25H24Cl2F2N6O. The van der Waals surface area contributed by atoms with Crippen molar-refractivity contribution < 1.29 is 13.6 Å². The number of fused-ring (bicyclic) bond motifs is 1. The molecule has 1 aromatic heterocycles. The second-order valence-corrected chi connectivity index (χ2v) is 9.70. The lowest BCUT2D eigenvalue weighted by Gasteiger charge is -2.32. The van der Waals surface area contributed by atoms with Gasteiger partial charge in [-0.1, -0.05) is 29.3 Å². The fourth-order valence-electron chi connectivity index (χ4n) is 4.59. The summed E-state index contributed by atoms with van der Waals surface area (Å²) in [5.74, 6) is -0.656. The Hall–Kier alpha value is -3.01. The summed E-state index contributed by atoms with van der Waals surface area (Å²) in [4.78, 5) is 23.9. The Labute approximate surface area is 217 Å². The molecule has 2 atom stereocenters. The van der Waals surface area contributed by atoms with Crippen LogP contribution in [0.4, 0.5) is 25.2 Å². The van der Waals surface area contributed by atoms with Gasteiger partial charge in [0.05, 0.1) is 34.0 Å². The summed E-state index contributed by atoms with van der Waals surface area (Å²) >= 11 is 12.0. The summed E-state index contributed by atoms with van der Waals surface area (Å²) in [7, 11) is 0. The molecule has 3 aromatic rings. The minimum atomic E-state index is -0.517. The molecule has 0 spiro atoms. The SMILES string of the molecule is O=C(NC(c1ccc(Cl)c(F)c1)C1CCCN1)N1CCc2cnc(Nc3ccc(F)cc3Cl)nc2C1. The Kier molecular flexibility index (Phi) is 7.22. The zero-order valence-corrected chi connectivity index (χ0v) is 20.7. The van der Waals surface area contributed by atoms with E-state index in [-0.39, 0.29) is 28.7 Å². The molecule has 3 N–H and O–H groups in total. The summed E-state index contributed by atoms with van der Waals surface area (Å²) < 4.78 is 27.5. The molecule has 0 aliphatic carbocycles. The summed E-state index contributed by atoms with van der Waals surface area (Å²) in [5.41, 5.74) is 2.79. The van der Waals surface area contributed by atoms with E-state index in [4.69, 9.17) is 23.2 Å². The average Bonchev–Trinajstić information content (AvgIpc) is 3.40. The third kappa shape index (κ3) is 5.38. The lowest BCUT2D eigenvalue weighted by molar-refractivity contribution is 0.184. The van der Waals surface area contributed by atoms with Crippen LogP contribution in [0.3, 0.4) is 0 Å². The zero-order valence-electron chi connectivity index (χ0n) is 19.2. The van der Waals surface area contributed by atoms with E-state index in [0.29, 0.717) is 35.9 Å². The normalized spacial score (nSPS) is 18.0. The molecule has 0 radical (unpaired) electrons. The molecule has 5 rings (SSSR count). The van der Waals surface area contributed by atoms with Gasteiger partial charge in [0.25, 0.3) is 0 Å². The fourth-order valence-corrected chi connectivity index (χ4v) is 4.92. The van der Waals surface area contributed by atoms with Crippen molar-refractivity contribution in [3.8, 4) is 0 Å². The number of rotatable bonds is 5. The molecule has 3 heterocycles. The van der Waals surface area contributed by atoms with Gasteiger partial charge < -0.3 is 20.9 Å². The first kappa shape index (κ1) is 24.7. The van der Waals surface area contributed by atoms with E-state index in [1.807, 2.05) is 0 Å². The standard InChI is InChI=1S/C25H24Cl2F2N6O/c26-17-5-3-14(10-19(17)29)23(21-2-1-8-30-21)34-25(36)35-9-7-15-12-31-24(33-22(15)13-35)32-20-6-4-16(28)11-18(20)27/h3-6,10-12,21,23,30H,1-2,7-9,13H2,(H,34,36)(H,31,32,33). The molecule has 0 bridgehead atoms. The van der Waals surface area contributed by atoms with E-state index in [1.54, 1.807) is 17.2 Å². The molecule has 11 heteroatoms. The number of hydrogen-bond donors (Lipinski definition) is 3. The molecule has 188 valence electrons. The highest BCUT2D eigenvalue weighted by Crippen LogP contribution is 2.28. The van der Waals surface area contributed by atoms with E-state index < -0.39 is 17.7 Å². The minimum absolute atomic E-state index is 0.00909. The molecular weight excluding hydrogens is 509 g/mol. The first-order valence-electron chi connectivity index (χ1n) is 11.7. The van der Waals surface area contributed by atoms with Gasteiger partial charge >= 0.3 is 6.03 Å². The maximum Gasteiger partial charge on any atom is 0.318 e. The highest BCUT2D eigenvalue weighted by atomic mass is 35.5. The number of nitrogens with zero attached hydrogens (tertiary/aromatic N) is 3. The van der Waals surface area contributed by atoms with Gasteiger partial charge in [0, 0.05) is 18.8 Å². The predicted molar refractivity (Wildman–Crippen MR) is 135 cm³/mol. The number of anilines is 2. The first-order chi connectivity index (χ1) is 17.4. The molecule has 36 heavy (non-hydrogen) atoms. The molecule has 1 saturated heterocycles. The van der Waals surface area contributed by atoms with Crippen LogP contribution < -0.4 is 16.0 Å². The number of amides is 2. The smallest absolute Gasteiger partial charge is 0.318 e. The Morgan fingerprint density at radius 1 is 1.17 bits per heavy atom.